The Morgan fingerprint density at radius 1 is 1.44 bits per heavy atom. The Bertz CT molecular complexity index is 506. The maximum absolute atomic E-state index is 11.8. The Hall–Kier alpha value is -2.14. The lowest BCUT2D eigenvalue weighted by Crippen LogP contribution is -2.34. The lowest BCUT2D eigenvalue weighted by atomic mass is 10.1. The van der Waals surface area contributed by atoms with Crippen molar-refractivity contribution in [3.05, 3.63) is 42.4 Å². The van der Waals surface area contributed by atoms with Crippen LogP contribution in [0.25, 0.3) is 11.3 Å². The summed E-state index contributed by atoms with van der Waals surface area (Å²) in [6.07, 6.45) is 2.97. The Kier molecular flexibility index (Phi) is 3.74. The predicted molar refractivity (Wildman–Crippen MR) is 66.0 cm³/mol. The second-order valence-corrected chi connectivity index (χ2v) is 4.00. The quantitative estimate of drug-likeness (QED) is 0.856. The number of benzene rings is 1. The maximum atomic E-state index is 11.8. The van der Waals surface area contributed by atoms with Crippen molar-refractivity contribution in [1.29, 1.82) is 0 Å². The van der Waals surface area contributed by atoms with Crippen molar-refractivity contribution < 1.29 is 14.3 Å². The van der Waals surface area contributed by atoms with Crippen LogP contribution in [0.1, 0.15) is 17.3 Å². The first-order valence-corrected chi connectivity index (χ1v) is 5.61. The molecule has 0 spiro atoms. The van der Waals surface area contributed by atoms with E-state index in [1.54, 1.807) is 37.4 Å². The van der Waals surface area contributed by atoms with E-state index in [1.165, 1.54) is 6.39 Å². The van der Waals surface area contributed by atoms with Gasteiger partial charge >= 0.3 is 0 Å². The number of oxazole rings is 1. The molecule has 94 valence electrons. The van der Waals surface area contributed by atoms with Crippen LogP contribution in [0, 0.1) is 0 Å². The van der Waals surface area contributed by atoms with Crippen molar-refractivity contribution in [3.8, 4) is 11.3 Å². The molecule has 2 aromatic rings. The van der Waals surface area contributed by atoms with E-state index >= 15 is 0 Å². The molecule has 0 aliphatic heterocycles. The van der Waals surface area contributed by atoms with E-state index in [9.17, 15) is 4.79 Å². The summed E-state index contributed by atoms with van der Waals surface area (Å²) in [6.45, 7) is 1.66. The van der Waals surface area contributed by atoms with Crippen LogP contribution in [-0.2, 0) is 0 Å². The summed E-state index contributed by atoms with van der Waals surface area (Å²) in [5.74, 6) is 0.450. The Labute approximate surface area is 104 Å². The van der Waals surface area contributed by atoms with Gasteiger partial charge in [0.2, 0.25) is 0 Å². The summed E-state index contributed by atoms with van der Waals surface area (Å²) in [5.41, 5.74) is 1.40. The van der Waals surface area contributed by atoms with Gasteiger partial charge in [-0.25, -0.2) is 4.98 Å². The van der Waals surface area contributed by atoms with Gasteiger partial charge in [-0.3, -0.25) is 4.79 Å². The van der Waals surface area contributed by atoms with E-state index in [0.29, 0.717) is 11.3 Å². The average Bonchev–Trinajstić information content (AvgIpc) is 2.92. The van der Waals surface area contributed by atoms with Crippen LogP contribution in [0.15, 0.2) is 41.3 Å². The molecular weight excluding hydrogens is 232 g/mol. The molecule has 0 aliphatic carbocycles. The number of carbonyl (C=O) groups is 1. The molecule has 0 saturated carbocycles. The summed E-state index contributed by atoms with van der Waals surface area (Å²) in [6, 6.07) is 6.73. The highest BCUT2D eigenvalue weighted by Gasteiger charge is 2.09. The molecule has 5 heteroatoms. The van der Waals surface area contributed by atoms with Crippen LogP contribution in [0.2, 0.25) is 0 Å². The number of hydrogen-bond acceptors (Lipinski definition) is 4. The van der Waals surface area contributed by atoms with Gasteiger partial charge in [-0.15, -0.1) is 0 Å². The highest BCUT2D eigenvalue weighted by molar-refractivity contribution is 5.94. The molecule has 5 nitrogen and oxygen atoms in total. The molecule has 0 fully saturated rings. The van der Waals surface area contributed by atoms with E-state index in [2.05, 4.69) is 10.3 Å². The monoisotopic (exact) mass is 246 g/mol. The molecule has 18 heavy (non-hydrogen) atoms. The number of nitrogens with one attached hydrogen (secondary N) is 1. The molecule has 1 aromatic heterocycles. The van der Waals surface area contributed by atoms with Crippen LogP contribution in [0.4, 0.5) is 0 Å². The topological polar surface area (TPSA) is 75.4 Å². The molecule has 0 saturated heterocycles. The highest BCUT2D eigenvalue weighted by Crippen LogP contribution is 2.18. The third kappa shape index (κ3) is 2.75. The second-order valence-electron chi connectivity index (χ2n) is 4.00. The summed E-state index contributed by atoms with van der Waals surface area (Å²) in [4.78, 5) is 15.6. The van der Waals surface area contributed by atoms with E-state index in [0.717, 1.165) is 5.56 Å². The minimum Gasteiger partial charge on any atom is -0.444 e. The number of hydrogen-bond donors (Lipinski definition) is 2. The van der Waals surface area contributed by atoms with E-state index in [1.807, 2.05) is 0 Å². The predicted octanol–water partition coefficient (Wildman–Crippen LogP) is 1.45. The molecular formula is C13H14N2O3. The lowest BCUT2D eigenvalue weighted by Gasteiger charge is -2.10. The van der Waals surface area contributed by atoms with Crippen molar-refractivity contribution in [3.63, 3.8) is 0 Å². The van der Waals surface area contributed by atoms with Gasteiger partial charge in [-0.2, -0.15) is 0 Å². The number of aromatic nitrogens is 1. The lowest BCUT2D eigenvalue weighted by molar-refractivity contribution is 0.0922. The van der Waals surface area contributed by atoms with Gasteiger partial charge in [-0.1, -0.05) is 12.1 Å². The molecule has 1 amide bonds. The van der Waals surface area contributed by atoms with Gasteiger partial charge in [0.1, 0.15) is 0 Å². The first-order valence-electron chi connectivity index (χ1n) is 5.61. The minimum absolute atomic E-state index is 0.0815. The number of aliphatic hydroxyl groups is 1. The zero-order valence-corrected chi connectivity index (χ0v) is 9.96. The van der Waals surface area contributed by atoms with Crippen LogP contribution < -0.4 is 5.32 Å². The molecule has 2 N–H and O–H groups in total. The Balaban J connectivity index is 2.10. The van der Waals surface area contributed by atoms with Gasteiger partial charge in [0, 0.05) is 17.2 Å². The number of rotatable bonds is 4. The minimum atomic E-state index is -0.258. The summed E-state index contributed by atoms with van der Waals surface area (Å²) < 4.78 is 5.16. The normalized spacial score (nSPS) is 12.1. The number of nitrogens with zero attached hydrogens (tertiary/aromatic N) is 1. The average molecular weight is 246 g/mol. The van der Waals surface area contributed by atoms with Gasteiger partial charge < -0.3 is 14.8 Å². The molecule has 1 atom stereocenters. The van der Waals surface area contributed by atoms with Crippen molar-refractivity contribution >= 4 is 5.91 Å². The van der Waals surface area contributed by atoms with E-state index in [4.69, 9.17) is 9.52 Å². The smallest absolute Gasteiger partial charge is 0.251 e. The van der Waals surface area contributed by atoms with Gasteiger partial charge in [0.05, 0.1) is 12.8 Å². The van der Waals surface area contributed by atoms with E-state index < -0.39 is 0 Å². The zero-order chi connectivity index (χ0) is 13.0. The van der Waals surface area contributed by atoms with Crippen LogP contribution in [0.3, 0.4) is 0 Å². The fraction of sp³-hybridized carbons (Fsp3) is 0.231. The number of carbonyl (C=O) groups excluding carboxylic acids is 1. The van der Waals surface area contributed by atoms with E-state index in [-0.39, 0.29) is 18.6 Å². The van der Waals surface area contributed by atoms with Crippen molar-refractivity contribution in [2.75, 3.05) is 6.61 Å². The van der Waals surface area contributed by atoms with Crippen LogP contribution in [0.5, 0.6) is 0 Å². The molecule has 2 rings (SSSR count). The fourth-order valence-corrected chi connectivity index (χ4v) is 1.50. The largest absolute Gasteiger partial charge is 0.444 e. The Morgan fingerprint density at radius 3 is 2.72 bits per heavy atom. The molecule has 0 unspecified atom stereocenters. The van der Waals surface area contributed by atoms with Gasteiger partial charge in [-0.05, 0) is 19.1 Å². The van der Waals surface area contributed by atoms with Crippen LogP contribution >= 0.6 is 0 Å². The zero-order valence-electron chi connectivity index (χ0n) is 9.96. The highest BCUT2D eigenvalue weighted by atomic mass is 16.3. The van der Waals surface area contributed by atoms with Crippen molar-refractivity contribution in [1.82, 2.24) is 10.3 Å². The first-order chi connectivity index (χ1) is 8.70. The summed E-state index contributed by atoms with van der Waals surface area (Å²) >= 11 is 0. The third-order valence-corrected chi connectivity index (χ3v) is 2.52. The second kappa shape index (κ2) is 5.46. The molecule has 0 bridgehead atoms. The number of aliphatic hydroxyl groups excluding tert-OH is 1. The SMILES string of the molecule is C[C@H](CO)NC(=O)c1ccc(-c2cnco2)cc1. The third-order valence-electron chi connectivity index (χ3n) is 2.52. The Morgan fingerprint density at radius 2 is 2.17 bits per heavy atom. The van der Waals surface area contributed by atoms with Gasteiger partial charge in [0.25, 0.3) is 5.91 Å². The molecule has 0 aliphatic rings. The standard InChI is InChI=1S/C13H14N2O3/c1-9(7-16)15-13(17)11-4-2-10(3-5-11)12-6-14-8-18-12/h2-6,8-9,16H,7H2,1H3,(H,15,17)/t9-/m1/s1. The summed E-state index contributed by atoms with van der Waals surface area (Å²) in [7, 11) is 0. The van der Waals surface area contributed by atoms with Gasteiger partial charge in [0.15, 0.2) is 12.2 Å². The molecule has 1 heterocycles. The van der Waals surface area contributed by atoms with Crippen molar-refractivity contribution in [2.24, 2.45) is 0 Å². The molecule has 0 radical (unpaired) electrons. The summed E-state index contributed by atoms with van der Waals surface area (Å²) in [5, 5.41) is 11.5. The maximum Gasteiger partial charge on any atom is 0.251 e. The van der Waals surface area contributed by atoms with Crippen molar-refractivity contribution in [2.45, 2.75) is 13.0 Å². The number of amides is 1. The molecule has 1 aromatic carbocycles. The van der Waals surface area contributed by atoms with Crippen LogP contribution in [-0.4, -0.2) is 28.6 Å². The fourth-order valence-electron chi connectivity index (χ4n) is 1.50. The first kappa shape index (κ1) is 12.3.